The lowest BCUT2D eigenvalue weighted by Crippen LogP contribution is -2.10. The largest absolute Gasteiger partial charge is 0.479 e. The first-order valence-corrected chi connectivity index (χ1v) is 6.25. The number of carboxylic acids is 1. The van der Waals surface area contributed by atoms with Gasteiger partial charge in [-0.2, -0.15) is 0 Å². The number of carbonyl (C=O) groups is 1. The molecule has 0 aliphatic carbocycles. The second-order valence-corrected chi connectivity index (χ2v) is 4.96. The van der Waals surface area contributed by atoms with Gasteiger partial charge < -0.3 is 9.84 Å². The normalized spacial score (nSPS) is 10.5. The standard InChI is InChI=1S/C11H7Br2NO3/c12-7-4-8(13)11(17-5-9(15)16)10-6(7)2-1-3-14-10/h1-4H,5H2,(H,15,16). The SMILES string of the molecule is O=C(O)COc1c(Br)cc(Br)c2cccnc12. The Hall–Kier alpha value is -1.14. The highest BCUT2D eigenvalue weighted by Crippen LogP contribution is 2.37. The van der Waals surface area contributed by atoms with E-state index in [0.717, 1.165) is 9.86 Å². The van der Waals surface area contributed by atoms with Crippen molar-refractivity contribution in [1.82, 2.24) is 4.98 Å². The number of pyridine rings is 1. The lowest BCUT2D eigenvalue weighted by molar-refractivity contribution is -0.139. The fraction of sp³-hybridized carbons (Fsp3) is 0.0909. The highest BCUT2D eigenvalue weighted by atomic mass is 79.9. The maximum absolute atomic E-state index is 10.5. The lowest BCUT2D eigenvalue weighted by atomic mass is 10.2. The molecule has 1 heterocycles. The number of hydrogen-bond donors (Lipinski definition) is 1. The Morgan fingerprint density at radius 1 is 1.41 bits per heavy atom. The smallest absolute Gasteiger partial charge is 0.341 e. The molecule has 0 amide bonds. The molecule has 0 bridgehead atoms. The molecule has 88 valence electrons. The summed E-state index contributed by atoms with van der Waals surface area (Å²) >= 11 is 6.75. The van der Waals surface area contributed by atoms with Crippen LogP contribution in [0, 0.1) is 0 Å². The van der Waals surface area contributed by atoms with Gasteiger partial charge in [0.05, 0.1) is 4.47 Å². The maximum atomic E-state index is 10.5. The van der Waals surface area contributed by atoms with Crippen LogP contribution >= 0.6 is 31.9 Å². The second-order valence-electron chi connectivity index (χ2n) is 3.25. The molecule has 2 aromatic rings. The summed E-state index contributed by atoms with van der Waals surface area (Å²) in [6.45, 7) is -0.397. The number of fused-ring (bicyclic) bond motifs is 1. The third-order valence-electron chi connectivity index (χ3n) is 2.09. The van der Waals surface area contributed by atoms with Crippen LogP contribution in [0.5, 0.6) is 5.75 Å². The molecule has 0 atom stereocenters. The number of halogens is 2. The minimum Gasteiger partial charge on any atom is -0.479 e. The molecule has 1 N–H and O–H groups in total. The van der Waals surface area contributed by atoms with Crippen molar-refractivity contribution >= 4 is 48.7 Å². The molecular weight excluding hydrogens is 354 g/mol. The van der Waals surface area contributed by atoms with Crippen molar-refractivity contribution in [1.29, 1.82) is 0 Å². The van der Waals surface area contributed by atoms with Crippen LogP contribution in [0.15, 0.2) is 33.3 Å². The van der Waals surface area contributed by atoms with Crippen molar-refractivity contribution < 1.29 is 14.6 Å². The first-order valence-electron chi connectivity index (χ1n) is 4.67. The number of nitrogens with zero attached hydrogens (tertiary/aromatic N) is 1. The molecule has 1 aromatic carbocycles. The molecule has 0 unspecified atom stereocenters. The second kappa shape index (κ2) is 5.01. The third-order valence-corrected chi connectivity index (χ3v) is 3.34. The molecule has 0 aliphatic rings. The van der Waals surface area contributed by atoms with Crippen molar-refractivity contribution in [3.63, 3.8) is 0 Å². The van der Waals surface area contributed by atoms with Crippen molar-refractivity contribution in [2.75, 3.05) is 6.61 Å². The number of aromatic nitrogens is 1. The minimum atomic E-state index is -1.02. The van der Waals surface area contributed by atoms with E-state index in [4.69, 9.17) is 9.84 Å². The Morgan fingerprint density at radius 2 is 2.18 bits per heavy atom. The number of hydrogen-bond acceptors (Lipinski definition) is 3. The molecule has 6 heteroatoms. The van der Waals surface area contributed by atoms with E-state index in [9.17, 15) is 4.79 Å². The minimum absolute atomic E-state index is 0.397. The average Bonchev–Trinajstić information content (AvgIpc) is 2.28. The summed E-state index contributed by atoms with van der Waals surface area (Å²) in [6, 6.07) is 5.50. The van der Waals surface area contributed by atoms with Gasteiger partial charge in [0.1, 0.15) is 5.52 Å². The van der Waals surface area contributed by atoms with Crippen LogP contribution in [0.3, 0.4) is 0 Å². The van der Waals surface area contributed by atoms with Gasteiger partial charge in [-0.05, 0) is 28.1 Å². The highest BCUT2D eigenvalue weighted by Gasteiger charge is 2.12. The van der Waals surface area contributed by atoms with Crippen LogP contribution in [0.2, 0.25) is 0 Å². The summed E-state index contributed by atoms with van der Waals surface area (Å²) in [5.74, 6) is -0.588. The van der Waals surface area contributed by atoms with Crippen molar-refractivity contribution in [2.45, 2.75) is 0 Å². The molecule has 2 rings (SSSR count). The van der Waals surface area contributed by atoms with E-state index >= 15 is 0 Å². The Balaban J connectivity index is 2.57. The quantitative estimate of drug-likeness (QED) is 0.912. The zero-order chi connectivity index (χ0) is 12.4. The third kappa shape index (κ3) is 2.58. The van der Waals surface area contributed by atoms with E-state index in [2.05, 4.69) is 36.8 Å². The van der Waals surface area contributed by atoms with E-state index in [1.807, 2.05) is 12.1 Å². The van der Waals surface area contributed by atoms with Crippen LogP contribution in [0.4, 0.5) is 0 Å². The molecule has 0 spiro atoms. The highest BCUT2D eigenvalue weighted by molar-refractivity contribution is 9.11. The molecule has 4 nitrogen and oxygen atoms in total. The summed E-state index contributed by atoms with van der Waals surface area (Å²) in [6.07, 6.45) is 1.63. The van der Waals surface area contributed by atoms with Crippen LogP contribution in [0.1, 0.15) is 0 Å². The van der Waals surface area contributed by atoms with Crippen molar-refractivity contribution in [3.05, 3.63) is 33.3 Å². The summed E-state index contributed by atoms with van der Waals surface area (Å²) in [7, 11) is 0. The summed E-state index contributed by atoms with van der Waals surface area (Å²) < 4.78 is 6.77. The van der Waals surface area contributed by atoms with Crippen LogP contribution in [0.25, 0.3) is 10.9 Å². The van der Waals surface area contributed by atoms with Gasteiger partial charge in [-0.1, -0.05) is 22.0 Å². The summed E-state index contributed by atoms with van der Waals surface area (Å²) in [4.78, 5) is 14.7. The molecular formula is C11H7Br2NO3. The fourth-order valence-corrected chi connectivity index (χ4v) is 2.81. The fourth-order valence-electron chi connectivity index (χ4n) is 1.42. The zero-order valence-corrected chi connectivity index (χ0v) is 11.7. The number of ether oxygens (including phenoxy) is 1. The average molecular weight is 361 g/mol. The molecule has 0 saturated carbocycles. The molecule has 17 heavy (non-hydrogen) atoms. The van der Waals surface area contributed by atoms with Gasteiger partial charge in [0.2, 0.25) is 0 Å². The molecule has 0 saturated heterocycles. The Kier molecular flexibility index (Phi) is 3.63. The van der Waals surface area contributed by atoms with E-state index in [1.54, 1.807) is 12.3 Å². The van der Waals surface area contributed by atoms with E-state index in [0.29, 0.717) is 15.7 Å². The lowest BCUT2D eigenvalue weighted by Gasteiger charge is -2.10. The summed E-state index contributed by atoms with van der Waals surface area (Å²) in [5, 5.41) is 9.49. The van der Waals surface area contributed by atoms with Crippen LogP contribution in [-0.4, -0.2) is 22.7 Å². The van der Waals surface area contributed by atoms with E-state index < -0.39 is 12.6 Å². The predicted octanol–water partition coefficient (Wildman–Crippen LogP) is 3.22. The number of carboxylic acid groups (broad SMARTS) is 1. The molecule has 0 fully saturated rings. The van der Waals surface area contributed by atoms with E-state index in [-0.39, 0.29) is 0 Å². The summed E-state index contributed by atoms with van der Waals surface area (Å²) in [5.41, 5.74) is 0.620. The van der Waals surface area contributed by atoms with Crippen LogP contribution in [-0.2, 0) is 4.79 Å². The van der Waals surface area contributed by atoms with Gasteiger partial charge in [-0.15, -0.1) is 0 Å². The first kappa shape index (κ1) is 12.3. The zero-order valence-electron chi connectivity index (χ0n) is 8.48. The van der Waals surface area contributed by atoms with Gasteiger partial charge >= 0.3 is 5.97 Å². The number of aliphatic carboxylic acids is 1. The number of benzene rings is 1. The Labute approximate surface area is 114 Å². The van der Waals surface area contributed by atoms with Gasteiger partial charge in [0.15, 0.2) is 12.4 Å². The molecule has 1 aromatic heterocycles. The molecule has 0 aliphatic heterocycles. The van der Waals surface area contributed by atoms with Gasteiger partial charge in [-0.25, -0.2) is 4.79 Å². The maximum Gasteiger partial charge on any atom is 0.341 e. The Bertz CT molecular complexity index is 586. The molecule has 0 radical (unpaired) electrons. The van der Waals surface area contributed by atoms with Crippen LogP contribution < -0.4 is 4.74 Å². The van der Waals surface area contributed by atoms with Gasteiger partial charge in [-0.3, -0.25) is 4.98 Å². The first-order chi connectivity index (χ1) is 8.09. The van der Waals surface area contributed by atoms with Gasteiger partial charge in [0, 0.05) is 16.1 Å². The topological polar surface area (TPSA) is 59.4 Å². The monoisotopic (exact) mass is 359 g/mol. The van der Waals surface area contributed by atoms with Crippen molar-refractivity contribution in [2.24, 2.45) is 0 Å². The number of rotatable bonds is 3. The van der Waals surface area contributed by atoms with Crippen molar-refractivity contribution in [3.8, 4) is 5.75 Å². The van der Waals surface area contributed by atoms with E-state index in [1.165, 1.54) is 0 Å². The van der Waals surface area contributed by atoms with Gasteiger partial charge in [0.25, 0.3) is 0 Å². The predicted molar refractivity (Wildman–Crippen MR) is 70.3 cm³/mol. The Morgan fingerprint density at radius 3 is 2.88 bits per heavy atom.